The van der Waals surface area contributed by atoms with Crippen molar-refractivity contribution in [2.75, 3.05) is 13.1 Å². The van der Waals surface area contributed by atoms with Crippen molar-refractivity contribution in [3.8, 4) is 0 Å². The summed E-state index contributed by atoms with van der Waals surface area (Å²) >= 11 is 0. The van der Waals surface area contributed by atoms with E-state index in [9.17, 15) is 0 Å². The van der Waals surface area contributed by atoms with Crippen molar-refractivity contribution in [2.45, 2.75) is 149 Å². The van der Waals surface area contributed by atoms with Gasteiger partial charge in [0.05, 0.1) is 0 Å². The lowest BCUT2D eigenvalue weighted by Crippen LogP contribution is -2.28. The molecule has 0 amide bonds. The molecule has 2 heteroatoms. The molecule has 0 spiro atoms. The number of rotatable bonds is 23. The van der Waals surface area contributed by atoms with Gasteiger partial charge in [-0.05, 0) is 25.1 Å². The van der Waals surface area contributed by atoms with E-state index in [1.807, 2.05) is 0 Å². The second-order valence-corrected chi connectivity index (χ2v) is 9.95. The SMILES string of the molecule is Br.CCCCCCCCCCCCCCCCCCCCC(c1ccccc1)N(CC)CC. The third-order valence-electron chi connectivity index (χ3n) is 7.27. The van der Waals surface area contributed by atoms with Crippen molar-refractivity contribution in [3.05, 3.63) is 35.9 Å². The van der Waals surface area contributed by atoms with E-state index in [2.05, 4.69) is 56.0 Å². The molecule has 0 fully saturated rings. The van der Waals surface area contributed by atoms with E-state index in [4.69, 9.17) is 0 Å². The van der Waals surface area contributed by atoms with Gasteiger partial charge in [0.15, 0.2) is 0 Å². The largest absolute Gasteiger partial charge is 0.297 e. The molecule has 1 rings (SSSR count). The number of hydrogen-bond donors (Lipinski definition) is 0. The highest BCUT2D eigenvalue weighted by Crippen LogP contribution is 2.26. The van der Waals surface area contributed by atoms with Gasteiger partial charge in [0.2, 0.25) is 0 Å². The Labute approximate surface area is 219 Å². The summed E-state index contributed by atoms with van der Waals surface area (Å²) in [5.41, 5.74) is 1.50. The molecule has 1 aromatic rings. The third-order valence-corrected chi connectivity index (χ3v) is 7.27. The van der Waals surface area contributed by atoms with Crippen LogP contribution in [0.5, 0.6) is 0 Å². The standard InChI is InChI=1S/C31H57N.BrH/c1-4-7-8-9-10-11-12-13-14-15-16-17-18-19-20-21-22-26-29-31(32(5-2)6-3)30-27-24-23-25-28-30;/h23-25,27-28,31H,4-22,26,29H2,1-3H3;1H. The molecule has 0 bridgehead atoms. The van der Waals surface area contributed by atoms with E-state index in [0.717, 1.165) is 13.1 Å². The molecule has 0 aliphatic carbocycles. The highest BCUT2D eigenvalue weighted by Gasteiger charge is 2.16. The lowest BCUT2D eigenvalue weighted by Gasteiger charge is -2.30. The Morgan fingerprint density at radius 1 is 0.515 bits per heavy atom. The topological polar surface area (TPSA) is 3.24 Å². The third kappa shape index (κ3) is 17.7. The summed E-state index contributed by atoms with van der Waals surface area (Å²) in [4.78, 5) is 2.63. The zero-order valence-corrected chi connectivity index (χ0v) is 24.4. The molecule has 0 aromatic heterocycles. The first kappa shape index (κ1) is 32.7. The van der Waals surface area contributed by atoms with Crippen LogP contribution in [0.2, 0.25) is 0 Å². The highest BCUT2D eigenvalue weighted by molar-refractivity contribution is 8.93. The monoisotopic (exact) mass is 523 g/mol. The number of hydrogen-bond acceptors (Lipinski definition) is 1. The lowest BCUT2D eigenvalue weighted by molar-refractivity contribution is 0.204. The van der Waals surface area contributed by atoms with Crippen LogP contribution >= 0.6 is 17.0 Å². The molecule has 0 aliphatic rings. The first-order valence-corrected chi connectivity index (χ1v) is 14.6. The van der Waals surface area contributed by atoms with Gasteiger partial charge in [-0.2, -0.15) is 0 Å². The molecule has 0 saturated heterocycles. The van der Waals surface area contributed by atoms with Gasteiger partial charge in [-0.3, -0.25) is 4.90 Å². The molecule has 0 radical (unpaired) electrons. The van der Waals surface area contributed by atoms with Crippen molar-refractivity contribution >= 4 is 17.0 Å². The Hall–Kier alpha value is -0.340. The first-order valence-electron chi connectivity index (χ1n) is 14.6. The fourth-order valence-corrected chi connectivity index (χ4v) is 5.14. The average Bonchev–Trinajstić information content (AvgIpc) is 2.83. The average molecular weight is 525 g/mol. The second-order valence-electron chi connectivity index (χ2n) is 9.95. The smallest absolute Gasteiger partial charge is 0.0347 e. The van der Waals surface area contributed by atoms with E-state index in [1.165, 1.54) is 128 Å². The molecular formula is C31H58BrN. The molecule has 0 heterocycles. The maximum atomic E-state index is 2.63. The number of benzene rings is 1. The van der Waals surface area contributed by atoms with Gasteiger partial charge in [-0.25, -0.2) is 0 Å². The summed E-state index contributed by atoms with van der Waals surface area (Å²) in [5, 5.41) is 0. The predicted molar refractivity (Wildman–Crippen MR) is 156 cm³/mol. The lowest BCUT2D eigenvalue weighted by atomic mass is 9.97. The summed E-state index contributed by atoms with van der Waals surface area (Å²) < 4.78 is 0. The zero-order chi connectivity index (χ0) is 23.1. The van der Waals surface area contributed by atoms with Crippen LogP contribution in [0.15, 0.2) is 30.3 Å². The Bertz CT molecular complexity index is 485. The second kappa shape index (κ2) is 24.8. The van der Waals surface area contributed by atoms with Crippen LogP contribution in [0.3, 0.4) is 0 Å². The molecule has 1 nitrogen and oxygen atoms in total. The van der Waals surface area contributed by atoms with Gasteiger partial charge >= 0.3 is 0 Å². The van der Waals surface area contributed by atoms with E-state index in [0.29, 0.717) is 6.04 Å². The van der Waals surface area contributed by atoms with Crippen LogP contribution < -0.4 is 0 Å². The van der Waals surface area contributed by atoms with Gasteiger partial charge in [0.1, 0.15) is 0 Å². The number of unbranched alkanes of at least 4 members (excludes halogenated alkanes) is 17. The maximum absolute atomic E-state index is 2.63. The van der Waals surface area contributed by atoms with Gasteiger partial charge in [0.25, 0.3) is 0 Å². The van der Waals surface area contributed by atoms with E-state index in [1.54, 1.807) is 0 Å². The van der Waals surface area contributed by atoms with Crippen LogP contribution in [-0.2, 0) is 0 Å². The van der Waals surface area contributed by atoms with Crippen LogP contribution in [0.1, 0.15) is 154 Å². The summed E-state index contributed by atoms with van der Waals surface area (Å²) in [6.45, 7) is 9.20. The van der Waals surface area contributed by atoms with E-state index < -0.39 is 0 Å². The van der Waals surface area contributed by atoms with Crippen molar-refractivity contribution < 1.29 is 0 Å². The molecule has 1 aromatic carbocycles. The van der Waals surface area contributed by atoms with Crippen molar-refractivity contribution in [3.63, 3.8) is 0 Å². The molecule has 0 aliphatic heterocycles. The summed E-state index contributed by atoms with van der Waals surface area (Å²) in [7, 11) is 0. The number of nitrogens with zero attached hydrogens (tertiary/aromatic N) is 1. The van der Waals surface area contributed by atoms with Gasteiger partial charge in [-0.15, -0.1) is 17.0 Å². The molecule has 0 saturated carbocycles. The van der Waals surface area contributed by atoms with Crippen LogP contribution in [0.4, 0.5) is 0 Å². The zero-order valence-electron chi connectivity index (χ0n) is 22.7. The molecular weight excluding hydrogens is 466 g/mol. The fourth-order valence-electron chi connectivity index (χ4n) is 5.14. The molecule has 0 N–H and O–H groups in total. The summed E-state index contributed by atoms with van der Waals surface area (Å²) in [6, 6.07) is 11.8. The Balaban J connectivity index is 0.0000102. The highest BCUT2D eigenvalue weighted by atomic mass is 79.9. The van der Waals surface area contributed by atoms with Crippen LogP contribution in [-0.4, -0.2) is 18.0 Å². The normalized spacial score (nSPS) is 12.1. The van der Waals surface area contributed by atoms with E-state index in [-0.39, 0.29) is 17.0 Å². The van der Waals surface area contributed by atoms with Gasteiger partial charge < -0.3 is 0 Å². The van der Waals surface area contributed by atoms with Crippen LogP contribution in [0, 0.1) is 0 Å². The van der Waals surface area contributed by atoms with E-state index >= 15 is 0 Å². The van der Waals surface area contributed by atoms with Crippen molar-refractivity contribution in [2.24, 2.45) is 0 Å². The van der Waals surface area contributed by atoms with Crippen molar-refractivity contribution in [1.29, 1.82) is 0 Å². The fraction of sp³-hybridized carbons (Fsp3) is 0.806. The Morgan fingerprint density at radius 2 is 0.879 bits per heavy atom. The maximum Gasteiger partial charge on any atom is 0.0347 e. The molecule has 1 atom stereocenters. The molecule has 194 valence electrons. The molecule has 1 unspecified atom stereocenters. The van der Waals surface area contributed by atoms with Gasteiger partial charge in [-0.1, -0.05) is 167 Å². The Kier molecular flexibility index (Phi) is 24.5. The van der Waals surface area contributed by atoms with Crippen molar-refractivity contribution in [1.82, 2.24) is 4.90 Å². The van der Waals surface area contributed by atoms with Gasteiger partial charge in [0, 0.05) is 6.04 Å². The number of halogens is 1. The Morgan fingerprint density at radius 3 is 1.24 bits per heavy atom. The summed E-state index contributed by atoms with van der Waals surface area (Å²) in [6.07, 6.45) is 27.4. The van der Waals surface area contributed by atoms with Crippen LogP contribution in [0.25, 0.3) is 0 Å². The predicted octanol–water partition coefficient (Wildman–Crippen LogP) is 11.1. The first-order chi connectivity index (χ1) is 15.8. The quantitative estimate of drug-likeness (QED) is 0.129. The minimum absolute atomic E-state index is 0. The summed E-state index contributed by atoms with van der Waals surface area (Å²) in [5.74, 6) is 0. The molecule has 33 heavy (non-hydrogen) atoms. The minimum Gasteiger partial charge on any atom is -0.297 e. The minimum atomic E-state index is 0.